The van der Waals surface area contributed by atoms with Gasteiger partial charge in [-0.3, -0.25) is 0 Å². The number of aliphatic hydroxyl groups excluding tert-OH is 1. The first kappa shape index (κ1) is 20.2. The maximum absolute atomic E-state index is 11.7. The van der Waals surface area contributed by atoms with Gasteiger partial charge in [-0.25, -0.2) is 4.79 Å². The predicted octanol–water partition coefficient (Wildman–Crippen LogP) is 4.12. The molecule has 1 amide bonds. The molecule has 0 heterocycles. The van der Waals surface area contributed by atoms with E-state index in [0.717, 1.165) is 12.8 Å². The molecule has 0 bridgehead atoms. The lowest BCUT2D eigenvalue weighted by atomic mass is 9.78. The first-order valence-electron chi connectivity index (χ1n) is 8.23. The average molecular weight is 301 g/mol. The number of ether oxygens (including phenoxy) is 1. The van der Waals surface area contributed by atoms with E-state index in [2.05, 4.69) is 19.2 Å². The monoisotopic (exact) mass is 301 g/mol. The van der Waals surface area contributed by atoms with E-state index in [1.165, 1.54) is 19.3 Å². The van der Waals surface area contributed by atoms with E-state index in [9.17, 15) is 9.90 Å². The quantitative estimate of drug-likeness (QED) is 0.673. The smallest absolute Gasteiger partial charge is 0.407 e. The molecular formula is C17H35NO3. The minimum atomic E-state index is -0.493. The Balaban J connectivity index is 4.41. The molecule has 4 heteroatoms. The van der Waals surface area contributed by atoms with E-state index < -0.39 is 11.7 Å². The van der Waals surface area contributed by atoms with Gasteiger partial charge in [0.05, 0.1) is 6.61 Å². The zero-order valence-electron chi connectivity index (χ0n) is 14.8. The molecule has 0 saturated heterocycles. The lowest BCUT2D eigenvalue weighted by Crippen LogP contribution is -2.41. The maximum Gasteiger partial charge on any atom is 0.407 e. The van der Waals surface area contributed by atoms with Crippen molar-refractivity contribution < 1.29 is 14.6 Å². The summed E-state index contributed by atoms with van der Waals surface area (Å²) in [5.41, 5.74) is -0.780. The molecule has 0 aromatic heterocycles. The minimum absolute atomic E-state index is 0.0748. The fourth-order valence-electron chi connectivity index (χ4n) is 2.43. The van der Waals surface area contributed by atoms with Gasteiger partial charge in [-0.1, -0.05) is 46.5 Å². The van der Waals surface area contributed by atoms with Crippen molar-refractivity contribution in [1.82, 2.24) is 5.32 Å². The number of aliphatic hydroxyl groups is 1. The highest BCUT2D eigenvalue weighted by atomic mass is 16.6. The first-order chi connectivity index (χ1) is 9.65. The molecule has 21 heavy (non-hydrogen) atoms. The Morgan fingerprint density at radius 2 is 1.86 bits per heavy atom. The van der Waals surface area contributed by atoms with Crippen LogP contribution in [0.25, 0.3) is 0 Å². The van der Waals surface area contributed by atoms with E-state index in [4.69, 9.17) is 4.74 Å². The van der Waals surface area contributed by atoms with Crippen LogP contribution in [-0.4, -0.2) is 30.0 Å². The molecule has 0 fully saturated rings. The fraction of sp³-hybridized carbons (Fsp3) is 0.941. The lowest BCUT2D eigenvalue weighted by molar-refractivity contribution is 0.0454. The van der Waals surface area contributed by atoms with Crippen molar-refractivity contribution in [3.05, 3.63) is 0 Å². The third-order valence-electron chi connectivity index (χ3n) is 3.76. The van der Waals surface area contributed by atoms with Crippen LogP contribution in [0.3, 0.4) is 0 Å². The van der Waals surface area contributed by atoms with Crippen LogP contribution in [0.2, 0.25) is 0 Å². The van der Waals surface area contributed by atoms with Gasteiger partial charge in [-0.05, 0) is 33.1 Å². The largest absolute Gasteiger partial charge is 0.444 e. The molecule has 0 spiro atoms. The molecule has 0 aromatic carbocycles. The molecule has 2 N–H and O–H groups in total. The van der Waals surface area contributed by atoms with Crippen LogP contribution in [0, 0.1) is 11.3 Å². The number of hydrogen-bond acceptors (Lipinski definition) is 3. The number of hydrogen-bond donors (Lipinski definition) is 2. The van der Waals surface area contributed by atoms with Crippen molar-refractivity contribution in [2.45, 2.75) is 79.2 Å². The molecule has 0 aliphatic carbocycles. The van der Waals surface area contributed by atoms with Crippen LogP contribution in [0.5, 0.6) is 0 Å². The second-order valence-corrected chi connectivity index (χ2v) is 7.44. The Morgan fingerprint density at radius 3 is 2.29 bits per heavy atom. The van der Waals surface area contributed by atoms with Gasteiger partial charge in [0.15, 0.2) is 0 Å². The molecule has 0 rings (SSSR count). The number of alkyl carbamates (subject to hydrolysis) is 1. The van der Waals surface area contributed by atoms with E-state index in [1.54, 1.807) is 0 Å². The van der Waals surface area contributed by atoms with Gasteiger partial charge in [-0.2, -0.15) is 0 Å². The third-order valence-corrected chi connectivity index (χ3v) is 3.76. The summed E-state index contributed by atoms with van der Waals surface area (Å²) in [4.78, 5) is 11.7. The number of nitrogens with one attached hydrogen (secondary N) is 1. The van der Waals surface area contributed by atoms with Gasteiger partial charge in [0.1, 0.15) is 5.60 Å². The van der Waals surface area contributed by atoms with E-state index >= 15 is 0 Å². The molecular weight excluding hydrogens is 266 g/mol. The summed E-state index contributed by atoms with van der Waals surface area (Å²) >= 11 is 0. The highest BCUT2D eigenvalue weighted by molar-refractivity contribution is 5.67. The van der Waals surface area contributed by atoms with Crippen molar-refractivity contribution in [2.24, 2.45) is 11.3 Å². The molecule has 0 radical (unpaired) electrons. The van der Waals surface area contributed by atoms with Gasteiger partial charge in [0, 0.05) is 12.0 Å². The highest BCUT2D eigenvalue weighted by Gasteiger charge is 2.28. The molecule has 0 aliphatic heterocycles. The fourth-order valence-corrected chi connectivity index (χ4v) is 2.43. The number of rotatable bonds is 9. The Morgan fingerprint density at radius 1 is 1.24 bits per heavy atom. The molecule has 2 unspecified atom stereocenters. The summed E-state index contributed by atoms with van der Waals surface area (Å²) in [6.07, 6.45) is 5.23. The summed E-state index contributed by atoms with van der Waals surface area (Å²) in [5, 5.41) is 12.5. The molecule has 2 atom stereocenters. The van der Waals surface area contributed by atoms with Crippen LogP contribution in [0.4, 0.5) is 4.79 Å². The maximum atomic E-state index is 11.7. The molecule has 126 valence electrons. The molecule has 4 nitrogen and oxygen atoms in total. The van der Waals surface area contributed by atoms with Gasteiger partial charge < -0.3 is 15.2 Å². The van der Waals surface area contributed by atoms with Crippen LogP contribution in [-0.2, 0) is 4.74 Å². The second-order valence-electron chi connectivity index (χ2n) is 7.44. The summed E-state index contributed by atoms with van der Waals surface area (Å²) in [7, 11) is 0. The average Bonchev–Trinajstić information content (AvgIpc) is 2.39. The Kier molecular flexibility index (Phi) is 8.95. The normalized spacial score (nSPS) is 16.1. The zero-order valence-corrected chi connectivity index (χ0v) is 14.8. The van der Waals surface area contributed by atoms with Gasteiger partial charge >= 0.3 is 6.09 Å². The number of amides is 1. The Hall–Kier alpha value is -0.770. The standard InChI is InChI=1S/C17H35NO3/c1-7-9-10-14(8-2)11-17(6,13-19)12-18-15(20)21-16(3,4)5/h14,19H,7-13H2,1-6H3,(H,18,20). The number of carbonyl (C=O) groups excluding carboxylic acids is 1. The zero-order chi connectivity index (χ0) is 16.5. The topological polar surface area (TPSA) is 58.6 Å². The molecule has 0 aromatic rings. The molecule has 0 aliphatic rings. The summed E-state index contributed by atoms with van der Waals surface area (Å²) in [5.74, 6) is 0.600. The van der Waals surface area contributed by atoms with E-state index in [0.29, 0.717) is 12.5 Å². The third kappa shape index (κ3) is 9.72. The van der Waals surface area contributed by atoms with Crippen molar-refractivity contribution in [2.75, 3.05) is 13.2 Å². The minimum Gasteiger partial charge on any atom is -0.444 e. The van der Waals surface area contributed by atoms with Crippen molar-refractivity contribution in [1.29, 1.82) is 0 Å². The second kappa shape index (κ2) is 9.29. The van der Waals surface area contributed by atoms with Gasteiger partial charge in [0.25, 0.3) is 0 Å². The summed E-state index contributed by atoms with van der Waals surface area (Å²) in [6, 6.07) is 0. The first-order valence-corrected chi connectivity index (χ1v) is 8.23. The summed E-state index contributed by atoms with van der Waals surface area (Å²) in [6.45, 7) is 12.5. The number of carbonyl (C=O) groups is 1. The lowest BCUT2D eigenvalue weighted by Gasteiger charge is -2.32. The Labute approximate surface area is 130 Å². The van der Waals surface area contributed by atoms with Crippen molar-refractivity contribution >= 4 is 6.09 Å². The van der Waals surface area contributed by atoms with Crippen molar-refractivity contribution in [3.63, 3.8) is 0 Å². The van der Waals surface area contributed by atoms with E-state index in [1.807, 2.05) is 27.7 Å². The SMILES string of the molecule is CCCCC(CC)CC(C)(CO)CNC(=O)OC(C)(C)C. The summed E-state index contributed by atoms with van der Waals surface area (Å²) < 4.78 is 5.24. The van der Waals surface area contributed by atoms with E-state index in [-0.39, 0.29) is 12.0 Å². The van der Waals surface area contributed by atoms with Crippen LogP contribution in [0.15, 0.2) is 0 Å². The van der Waals surface area contributed by atoms with Crippen LogP contribution < -0.4 is 5.32 Å². The number of unbranched alkanes of at least 4 members (excludes halogenated alkanes) is 1. The van der Waals surface area contributed by atoms with Crippen molar-refractivity contribution in [3.8, 4) is 0 Å². The Bertz CT molecular complexity index is 299. The molecule has 0 saturated carbocycles. The van der Waals surface area contributed by atoms with Crippen LogP contribution >= 0.6 is 0 Å². The van der Waals surface area contributed by atoms with Crippen LogP contribution in [0.1, 0.15) is 73.6 Å². The van der Waals surface area contributed by atoms with Gasteiger partial charge in [0.2, 0.25) is 0 Å². The highest BCUT2D eigenvalue weighted by Crippen LogP contribution is 2.30. The van der Waals surface area contributed by atoms with Gasteiger partial charge in [-0.15, -0.1) is 0 Å². The predicted molar refractivity (Wildman–Crippen MR) is 87.4 cm³/mol.